The lowest BCUT2D eigenvalue weighted by Gasteiger charge is -2.43. The van der Waals surface area contributed by atoms with Gasteiger partial charge in [-0.1, -0.05) is 27.7 Å². The topological polar surface area (TPSA) is 125 Å². The summed E-state index contributed by atoms with van der Waals surface area (Å²) in [6.07, 6.45) is -0.359. The molecular formula is C23H43NO7. The minimum atomic E-state index is -1.72. The van der Waals surface area contributed by atoms with Gasteiger partial charge in [0.25, 0.3) is 0 Å². The highest BCUT2D eigenvalue weighted by molar-refractivity contribution is 5.76. The summed E-state index contributed by atoms with van der Waals surface area (Å²) < 4.78 is 11.5. The number of esters is 1. The quantitative estimate of drug-likeness (QED) is 0.486. The van der Waals surface area contributed by atoms with E-state index in [-0.39, 0.29) is 24.3 Å². The Hall–Kier alpha value is -1.22. The molecule has 31 heavy (non-hydrogen) atoms. The number of rotatable bonds is 4. The van der Waals surface area contributed by atoms with Crippen molar-refractivity contribution in [1.29, 1.82) is 0 Å². The van der Waals surface area contributed by atoms with E-state index in [2.05, 4.69) is 5.32 Å². The minimum absolute atomic E-state index is 0.198. The molecule has 1 saturated heterocycles. The van der Waals surface area contributed by atoms with Gasteiger partial charge in [-0.05, 0) is 51.9 Å². The predicted molar refractivity (Wildman–Crippen MR) is 117 cm³/mol. The van der Waals surface area contributed by atoms with Crippen LogP contribution >= 0.6 is 0 Å². The van der Waals surface area contributed by atoms with Gasteiger partial charge in [0, 0.05) is 13.0 Å². The van der Waals surface area contributed by atoms with Crippen molar-refractivity contribution in [1.82, 2.24) is 5.32 Å². The molecule has 182 valence electrons. The number of amides is 1. The van der Waals surface area contributed by atoms with E-state index in [1.807, 2.05) is 6.92 Å². The van der Waals surface area contributed by atoms with Gasteiger partial charge in [0.2, 0.25) is 5.91 Å². The molecule has 1 rings (SSSR count). The molecule has 1 aliphatic rings. The van der Waals surface area contributed by atoms with E-state index in [0.717, 1.165) is 0 Å². The van der Waals surface area contributed by atoms with Crippen LogP contribution in [0, 0.1) is 17.8 Å². The number of carbonyl (C=O) groups excluding carboxylic acids is 2. The van der Waals surface area contributed by atoms with Crippen molar-refractivity contribution in [2.45, 2.75) is 103 Å². The van der Waals surface area contributed by atoms with Crippen LogP contribution in [0.2, 0.25) is 0 Å². The van der Waals surface area contributed by atoms with Crippen molar-refractivity contribution in [3.8, 4) is 0 Å². The second-order valence-electron chi connectivity index (χ2n) is 9.78. The van der Waals surface area contributed by atoms with Gasteiger partial charge in [-0.3, -0.25) is 9.59 Å². The van der Waals surface area contributed by atoms with Crippen LogP contribution in [0.25, 0.3) is 0 Å². The first-order valence-corrected chi connectivity index (χ1v) is 11.4. The molecule has 0 unspecified atom stereocenters. The molecule has 0 bridgehead atoms. The number of cyclic esters (lactones) is 1. The zero-order valence-corrected chi connectivity index (χ0v) is 20.2. The average molecular weight is 446 g/mol. The fourth-order valence-corrected chi connectivity index (χ4v) is 4.67. The van der Waals surface area contributed by atoms with Crippen LogP contribution in [0.15, 0.2) is 0 Å². The Kier molecular flexibility index (Phi) is 10.4. The first kappa shape index (κ1) is 27.8. The van der Waals surface area contributed by atoms with E-state index in [0.29, 0.717) is 32.1 Å². The van der Waals surface area contributed by atoms with Gasteiger partial charge < -0.3 is 30.1 Å². The van der Waals surface area contributed by atoms with Gasteiger partial charge in [-0.15, -0.1) is 0 Å². The van der Waals surface area contributed by atoms with E-state index in [1.54, 1.807) is 27.7 Å². The Bertz CT molecular complexity index is 592. The molecule has 1 heterocycles. The second-order valence-corrected chi connectivity index (χ2v) is 9.78. The number of hydrogen-bond acceptors (Lipinski definition) is 7. The number of nitrogens with one attached hydrogen (secondary N) is 1. The standard InChI is InChI=1S/C23H43NO7/c1-8-17-23(6,29)20(26)16(4)19(30-13-18(25)24-7)15(3)12-22(5,28)11-9-10-14(2)21(27)31-17/h14-17,19-20,26,28-29H,8-13H2,1-7H3,(H,24,25)/t14-,15-,16+,17-,19+,20-,22+,23-/m1/s1. The largest absolute Gasteiger partial charge is 0.459 e. The summed E-state index contributed by atoms with van der Waals surface area (Å²) >= 11 is 0. The number of hydrogen-bond donors (Lipinski definition) is 4. The summed E-state index contributed by atoms with van der Waals surface area (Å²) in [5.74, 6) is -1.91. The zero-order valence-electron chi connectivity index (χ0n) is 20.2. The number of aliphatic hydroxyl groups excluding tert-OH is 1. The van der Waals surface area contributed by atoms with E-state index in [1.165, 1.54) is 14.0 Å². The second kappa shape index (κ2) is 11.6. The molecule has 1 fully saturated rings. The number of ether oxygens (including phenoxy) is 2. The Labute approximate surface area is 186 Å². The molecular weight excluding hydrogens is 402 g/mol. The maximum Gasteiger partial charge on any atom is 0.309 e. The van der Waals surface area contributed by atoms with E-state index >= 15 is 0 Å². The van der Waals surface area contributed by atoms with Crippen LogP contribution in [0.5, 0.6) is 0 Å². The first-order valence-electron chi connectivity index (χ1n) is 11.4. The Morgan fingerprint density at radius 2 is 1.87 bits per heavy atom. The van der Waals surface area contributed by atoms with Crippen molar-refractivity contribution in [3.05, 3.63) is 0 Å². The van der Waals surface area contributed by atoms with Gasteiger partial charge in [-0.25, -0.2) is 0 Å². The number of likely N-dealkylation sites (N-methyl/N-ethyl adjacent to an activating group) is 1. The fourth-order valence-electron chi connectivity index (χ4n) is 4.67. The summed E-state index contributed by atoms with van der Waals surface area (Å²) in [7, 11) is 1.51. The smallest absolute Gasteiger partial charge is 0.309 e. The number of carbonyl (C=O) groups is 2. The van der Waals surface area contributed by atoms with Crippen molar-refractivity contribution in [3.63, 3.8) is 0 Å². The lowest BCUT2D eigenvalue weighted by Crippen LogP contribution is -2.57. The molecule has 8 heteroatoms. The molecule has 0 aliphatic carbocycles. The molecule has 1 amide bonds. The van der Waals surface area contributed by atoms with Gasteiger partial charge >= 0.3 is 5.97 Å². The molecule has 0 aromatic carbocycles. The van der Waals surface area contributed by atoms with Gasteiger partial charge in [0.15, 0.2) is 0 Å². The molecule has 0 aromatic rings. The molecule has 4 N–H and O–H groups in total. The predicted octanol–water partition coefficient (Wildman–Crippen LogP) is 1.78. The van der Waals surface area contributed by atoms with Gasteiger partial charge in [0.1, 0.15) is 18.3 Å². The fraction of sp³-hybridized carbons (Fsp3) is 0.913. The summed E-state index contributed by atoms with van der Waals surface area (Å²) in [5.41, 5.74) is -2.72. The zero-order chi connectivity index (χ0) is 24.0. The molecule has 0 aromatic heterocycles. The van der Waals surface area contributed by atoms with E-state index in [4.69, 9.17) is 9.47 Å². The van der Waals surface area contributed by atoms with Crippen LogP contribution in [-0.4, -0.2) is 70.4 Å². The highest BCUT2D eigenvalue weighted by atomic mass is 16.6. The van der Waals surface area contributed by atoms with Gasteiger partial charge in [0.05, 0.1) is 23.7 Å². The average Bonchev–Trinajstić information content (AvgIpc) is 2.69. The van der Waals surface area contributed by atoms with Crippen LogP contribution in [0.4, 0.5) is 0 Å². The van der Waals surface area contributed by atoms with Crippen molar-refractivity contribution in [2.75, 3.05) is 13.7 Å². The normalized spacial score (nSPS) is 41.2. The lowest BCUT2D eigenvalue weighted by atomic mass is 9.75. The molecule has 1 aliphatic heterocycles. The van der Waals surface area contributed by atoms with E-state index < -0.39 is 41.4 Å². The summed E-state index contributed by atoms with van der Waals surface area (Å²) in [6.45, 7) is 10.2. The van der Waals surface area contributed by atoms with Crippen LogP contribution in [0.3, 0.4) is 0 Å². The van der Waals surface area contributed by atoms with Crippen molar-refractivity contribution in [2.24, 2.45) is 17.8 Å². The molecule has 8 nitrogen and oxygen atoms in total. The Morgan fingerprint density at radius 1 is 1.26 bits per heavy atom. The van der Waals surface area contributed by atoms with Gasteiger partial charge in [-0.2, -0.15) is 0 Å². The summed E-state index contributed by atoms with van der Waals surface area (Å²) in [5, 5.41) is 35.8. The highest BCUT2D eigenvalue weighted by Crippen LogP contribution is 2.35. The maximum absolute atomic E-state index is 12.6. The molecule has 0 radical (unpaired) electrons. The third-order valence-corrected chi connectivity index (χ3v) is 6.66. The molecule has 0 saturated carbocycles. The number of aliphatic hydroxyl groups is 3. The van der Waals surface area contributed by atoms with Crippen molar-refractivity contribution >= 4 is 11.9 Å². The van der Waals surface area contributed by atoms with Crippen LogP contribution < -0.4 is 5.32 Å². The van der Waals surface area contributed by atoms with Crippen LogP contribution in [0.1, 0.15) is 73.6 Å². The summed E-state index contributed by atoms with van der Waals surface area (Å²) in [6, 6.07) is 0. The summed E-state index contributed by atoms with van der Waals surface area (Å²) in [4.78, 5) is 24.3. The Balaban J connectivity index is 3.29. The Morgan fingerprint density at radius 3 is 2.42 bits per heavy atom. The van der Waals surface area contributed by atoms with Crippen LogP contribution in [-0.2, 0) is 19.1 Å². The third kappa shape index (κ3) is 7.70. The highest BCUT2D eigenvalue weighted by Gasteiger charge is 2.47. The first-order chi connectivity index (χ1) is 14.3. The SMILES string of the molecule is CC[C@H]1OC(=O)[C@H](C)CCC[C@](C)(O)C[C@@H](C)[C@H](OCC(=O)NC)[C@H](C)[C@@H](O)[C@]1(C)O. The third-order valence-electron chi connectivity index (χ3n) is 6.66. The molecule has 0 spiro atoms. The lowest BCUT2D eigenvalue weighted by molar-refractivity contribution is -0.198. The van der Waals surface area contributed by atoms with Crippen molar-refractivity contribution < 1.29 is 34.4 Å². The molecule has 8 atom stereocenters. The minimum Gasteiger partial charge on any atom is -0.459 e. The monoisotopic (exact) mass is 445 g/mol. The van der Waals surface area contributed by atoms with E-state index in [9.17, 15) is 24.9 Å². The maximum atomic E-state index is 12.6.